The molecule has 0 aliphatic carbocycles. The van der Waals surface area contributed by atoms with Crippen LogP contribution in [0.25, 0.3) is 11.3 Å². The van der Waals surface area contributed by atoms with Crippen LogP contribution in [0.2, 0.25) is 0 Å². The van der Waals surface area contributed by atoms with Crippen molar-refractivity contribution < 1.29 is 13.2 Å². The average molecular weight is 381 g/mol. The third kappa shape index (κ3) is 2.75. The molecule has 0 aliphatic heterocycles. The lowest BCUT2D eigenvalue weighted by Crippen LogP contribution is -2.07. The lowest BCUT2D eigenvalue weighted by molar-refractivity contribution is -0.137. The molecule has 94 valence electrons. The molecular formula is C12H6Br2F3N. The molecule has 1 heterocycles. The zero-order valence-electron chi connectivity index (χ0n) is 8.80. The van der Waals surface area contributed by atoms with Crippen LogP contribution in [0.4, 0.5) is 13.2 Å². The fourth-order valence-corrected chi connectivity index (χ4v) is 2.05. The minimum Gasteiger partial charge on any atom is -0.255 e. The Balaban J connectivity index is 2.61. The Morgan fingerprint density at radius 2 is 1.67 bits per heavy atom. The third-order valence-corrected chi connectivity index (χ3v) is 4.14. The van der Waals surface area contributed by atoms with E-state index in [-0.39, 0.29) is 11.3 Å². The molecule has 2 rings (SSSR count). The fourth-order valence-electron chi connectivity index (χ4n) is 1.52. The lowest BCUT2D eigenvalue weighted by Gasteiger charge is -2.12. The highest BCUT2D eigenvalue weighted by atomic mass is 79.9. The van der Waals surface area contributed by atoms with E-state index in [9.17, 15) is 13.2 Å². The largest absolute Gasteiger partial charge is 0.417 e. The quantitative estimate of drug-likeness (QED) is 0.654. The summed E-state index contributed by atoms with van der Waals surface area (Å²) in [5.41, 5.74) is -0.345. The minimum atomic E-state index is -4.39. The van der Waals surface area contributed by atoms with Gasteiger partial charge in [-0.05, 0) is 44.0 Å². The summed E-state index contributed by atoms with van der Waals surface area (Å²) in [5, 5.41) is 0. The van der Waals surface area contributed by atoms with Crippen LogP contribution in [-0.2, 0) is 6.18 Å². The summed E-state index contributed by atoms with van der Waals surface area (Å²) in [7, 11) is 0. The van der Waals surface area contributed by atoms with Gasteiger partial charge in [-0.3, -0.25) is 4.98 Å². The zero-order chi connectivity index (χ0) is 13.3. The summed E-state index contributed by atoms with van der Waals surface area (Å²) < 4.78 is 39.9. The van der Waals surface area contributed by atoms with Gasteiger partial charge in [-0.2, -0.15) is 13.2 Å². The minimum absolute atomic E-state index is 0.0678. The molecule has 0 unspecified atom stereocenters. The van der Waals surface area contributed by atoms with Gasteiger partial charge in [-0.15, -0.1) is 0 Å². The second-order valence-electron chi connectivity index (χ2n) is 3.53. The summed E-state index contributed by atoms with van der Waals surface area (Å²) in [5.74, 6) is 0. The zero-order valence-corrected chi connectivity index (χ0v) is 12.0. The van der Waals surface area contributed by atoms with Gasteiger partial charge in [0.2, 0.25) is 0 Å². The van der Waals surface area contributed by atoms with Crippen LogP contribution in [0, 0.1) is 0 Å². The van der Waals surface area contributed by atoms with Gasteiger partial charge in [-0.25, -0.2) is 0 Å². The molecule has 6 heteroatoms. The predicted octanol–water partition coefficient (Wildman–Crippen LogP) is 5.29. The first-order chi connectivity index (χ1) is 8.39. The summed E-state index contributed by atoms with van der Waals surface area (Å²) in [6.45, 7) is 0. The van der Waals surface area contributed by atoms with Crippen molar-refractivity contribution in [3.8, 4) is 11.3 Å². The van der Waals surface area contributed by atoms with Crippen LogP contribution in [0.15, 0.2) is 45.5 Å². The molecule has 0 N–H and O–H groups in total. The van der Waals surface area contributed by atoms with Crippen LogP contribution in [0.1, 0.15) is 5.56 Å². The topological polar surface area (TPSA) is 12.9 Å². The monoisotopic (exact) mass is 379 g/mol. The Morgan fingerprint density at radius 1 is 1.00 bits per heavy atom. The van der Waals surface area contributed by atoms with Crippen molar-refractivity contribution >= 4 is 31.9 Å². The van der Waals surface area contributed by atoms with E-state index < -0.39 is 11.7 Å². The first kappa shape index (κ1) is 13.5. The van der Waals surface area contributed by atoms with Gasteiger partial charge in [0.1, 0.15) is 0 Å². The van der Waals surface area contributed by atoms with Crippen molar-refractivity contribution in [1.29, 1.82) is 0 Å². The molecule has 0 amide bonds. The number of hydrogen-bond acceptors (Lipinski definition) is 1. The van der Waals surface area contributed by atoms with Gasteiger partial charge in [0.15, 0.2) is 0 Å². The van der Waals surface area contributed by atoms with Gasteiger partial charge in [0.05, 0.1) is 15.7 Å². The number of benzene rings is 1. The van der Waals surface area contributed by atoms with Crippen molar-refractivity contribution in [2.24, 2.45) is 0 Å². The summed E-state index contributed by atoms with van der Waals surface area (Å²) >= 11 is 6.48. The van der Waals surface area contributed by atoms with E-state index in [2.05, 4.69) is 36.8 Å². The average Bonchev–Trinajstić information content (AvgIpc) is 2.32. The predicted molar refractivity (Wildman–Crippen MR) is 70.1 cm³/mol. The SMILES string of the molecule is FC(F)(F)c1ccccc1-c1cc(Br)c(Br)cn1. The maximum atomic E-state index is 12.9. The Morgan fingerprint density at radius 3 is 2.28 bits per heavy atom. The van der Waals surface area contributed by atoms with Crippen LogP contribution in [-0.4, -0.2) is 4.98 Å². The van der Waals surface area contributed by atoms with E-state index in [1.165, 1.54) is 18.3 Å². The van der Waals surface area contributed by atoms with Crippen molar-refractivity contribution in [1.82, 2.24) is 4.98 Å². The number of rotatable bonds is 1. The number of aromatic nitrogens is 1. The van der Waals surface area contributed by atoms with Gasteiger partial charge >= 0.3 is 6.18 Å². The lowest BCUT2D eigenvalue weighted by atomic mass is 10.0. The molecule has 0 saturated carbocycles. The molecule has 0 radical (unpaired) electrons. The van der Waals surface area contributed by atoms with Crippen molar-refractivity contribution in [3.63, 3.8) is 0 Å². The highest BCUT2D eigenvalue weighted by Crippen LogP contribution is 2.37. The normalized spacial score (nSPS) is 11.6. The molecular weight excluding hydrogens is 375 g/mol. The van der Waals surface area contributed by atoms with Gasteiger partial charge in [0, 0.05) is 16.2 Å². The van der Waals surface area contributed by atoms with Gasteiger partial charge in [-0.1, -0.05) is 18.2 Å². The van der Waals surface area contributed by atoms with E-state index in [0.717, 1.165) is 6.07 Å². The molecule has 0 saturated heterocycles. The van der Waals surface area contributed by atoms with Crippen LogP contribution >= 0.6 is 31.9 Å². The van der Waals surface area contributed by atoms with Gasteiger partial charge in [0.25, 0.3) is 0 Å². The summed E-state index contributed by atoms with van der Waals surface area (Å²) in [6.07, 6.45) is -2.93. The third-order valence-electron chi connectivity index (χ3n) is 2.32. The Bertz CT molecular complexity index is 582. The molecule has 18 heavy (non-hydrogen) atoms. The van der Waals surface area contributed by atoms with E-state index in [0.29, 0.717) is 8.95 Å². The molecule has 0 bridgehead atoms. The Labute approximate surface area is 118 Å². The smallest absolute Gasteiger partial charge is 0.255 e. The standard InChI is InChI=1S/C12H6Br2F3N/c13-9-5-11(18-6-10(9)14)7-3-1-2-4-8(7)12(15,16)17/h1-6H. The molecule has 0 atom stereocenters. The van der Waals surface area contributed by atoms with E-state index in [1.807, 2.05) is 0 Å². The second-order valence-corrected chi connectivity index (χ2v) is 5.24. The number of halogens is 5. The number of alkyl halides is 3. The van der Waals surface area contributed by atoms with Crippen LogP contribution in [0.3, 0.4) is 0 Å². The molecule has 1 aromatic heterocycles. The molecule has 1 nitrogen and oxygen atoms in total. The number of nitrogens with zero attached hydrogens (tertiary/aromatic N) is 1. The maximum Gasteiger partial charge on any atom is 0.417 e. The molecule has 0 aliphatic rings. The fraction of sp³-hybridized carbons (Fsp3) is 0.0833. The number of pyridine rings is 1. The molecule has 2 aromatic rings. The first-order valence-electron chi connectivity index (χ1n) is 4.87. The van der Waals surface area contributed by atoms with Crippen molar-refractivity contribution in [3.05, 3.63) is 51.0 Å². The van der Waals surface area contributed by atoms with Crippen LogP contribution < -0.4 is 0 Å². The van der Waals surface area contributed by atoms with Gasteiger partial charge < -0.3 is 0 Å². The second kappa shape index (κ2) is 5.01. The van der Waals surface area contributed by atoms with Crippen molar-refractivity contribution in [2.75, 3.05) is 0 Å². The van der Waals surface area contributed by atoms with E-state index >= 15 is 0 Å². The van der Waals surface area contributed by atoms with E-state index in [1.54, 1.807) is 12.1 Å². The molecule has 1 aromatic carbocycles. The first-order valence-corrected chi connectivity index (χ1v) is 6.46. The summed E-state index contributed by atoms with van der Waals surface area (Å²) in [4.78, 5) is 4.01. The summed E-state index contributed by atoms with van der Waals surface area (Å²) in [6, 6.07) is 6.93. The molecule has 0 spiro atoms. The molecule has 0 fully saturated rings. The van der Waals surface area contributed by atoms with Crippen LogP contribution in [0.5, 0.6) is 0 Å². The highest BCUT2D eigenvalue weighted by Gasteiger charge is 2.33. The van der Waals surface area contributed by atoms with E-state index in [4.69, 9.17) is 0 Å². The number of hydrogen-bond donors (Lipinski definition) is 0. The van der Waals surface area contributed by atoms with Crippen molar-refractivity contribution in [2.45, 2.75) is 6.18 Å². The highest BCUT2D eigenvalue weighted by molar-refractivity contribution is 9.13. The maximum absolute atomic E-state index is 12.9. The Kier molecular flexibility index (Phi) is 3.77. The Hall–Kier alpha value is -0.880.